The molecule has 1 aromatic heterocycles. The number of fused-ring (bicyclic) bond motifs is 3. The minimum Gasteiger partial charge on any atom is -0.393 e. The van der Waals surface area contributed by atoms with E-state index in [2.05, 4.69) is 10.3 Å². The van der Waals surface area contributed by atoms with Gasteiger partial charge in [-0.2, -0.15) is 13.2 Å². The van der Waals surface area contributed by atoms with Gasteiger partial charge >= 0.3 is 6.18 Å². The van der Waals surface area contributed by atoms with Gasteiger partial charge in [-0.05, 0) is 53.9 Å². The van der Waals surface area contributed by atoms with Gasteiger partial charge in [-0.3, -0.25) is 9.78 Å². The summed E-state index contributed by atoms with van der Waals surface area (Å²) < 4.78 is 75.4. The van der Waals surface area contributed by atoms with E-state index in [4.69, 9.17) is 4.74 Å². The van der Waals surface area contributed by atoms with Crippen LogP contribution in [-0.4, -0.2) is 54.1 Å². The summed E-state index contributed by atoms with van der Waals surface area (Å²) in [5, 5.41) is 12.3. The summed E-state index contributed by atoms with van der Waals surface area (Å²) in [6.07, 6.45) is -3.16. The molecule has 1 fully saturated rings. The third-order valence-corrected chi connectivity index (χ3v) is 7.06. The molecular weight excluding hydrogens is 509 g/mol. The SMILES string of the molecule is Cc1ccc(NC(=O)c2cncc(C(F)(F)F)c2)cc1-c1cc2c(cc1F)C[C@@](F)(CO)[C@@H]1COCCN21. The molecule has 2 atom stereocenters. The van der Waals surface area contributed by atoms with Crippen molar-refractivity contribution in [1.82, 2.24) is 4.98 Å². The molecule has 200 valence electrons. The van der Waals surface area contributed by atoms with Crippen molar-refractivity contribution in [3.05, 3.63) is 76.9 Å². The van der Waals surface area contributed by atoms with E-state index < -0.39 is 41.8 Å². The molecule has 6 nitrogen and oxygen atoms in total. The summed E-state index contributed by atoms with van der Waals surface area (Å²) in [6, 6.07) is 7.63. The van der Waals surface area contributed by atoms with Crippen LogP contribution in [0.25, 0.3) is 11.1 Å². The maximum Gasteiger partial charge on any atom is 0.417 e. The van der Waals surface area contributed by atoms with Crippen LogP contribution in [0.2, 0.25) is 0 Å². The standard InChI is InChI=1S/C27H24F5N3O3/c1-15-2-3-19(34-25(37)17-6-18(12-33-11-17)27(30,31)32)8-20(15)21-9-23-16(7-22(21)28)10-26(29,14-36)24-13-38-5-4-35(23)24/h2-3,6-9,11-12,24,36H,4-5,10,13-14H2,1H3,(H,34,37)/t24-,26+/m0/s1. The number of anilines is 2. The van der Waals surface area contributed by atoms with Gasteiger partial charge in [-0.15, -0.1) is 0 Å². The molecular formula is C27H24F5N3O3. The Morgan fingerprint density at radius 3 is 2.74 bits per heavy atom. The summed E-state index contributed by atoms with van der Waals surface area (Å²) in [5.41, 5.74) is -0.623. The third kappa shape index (κ3) is 4.71. The average molecular weight is 533 g/mol. The van der Waals surface area contributed by atoms with Crippen molar-refractivity contribution in [2.45, 2.75) is 31.2 Å². The fourth-order valence-corrected chi connectivity index (χ4v) is 5.05. The predicted molar refractivity (Wildman–Crippen MR) is 130 cm³/mol. The third-order valence-electron chi connectivity index (χ3n) is 7.06. The van der Waals surface area contributed by atoms with Crippen molar-refractivity contribution < 1.29 is 36.6 Å². The van der Waals surface area contributed by atoms with Gasteiger partial charge in [0.1, 0.15) is 5.82 Å². The number of aryl methyl sites for hydroxylation is 1. The first-order valence-corrected chi connectivity index (χ1v) is 11.9. The number of morpholine rings is 1. The molecule has 1 amide bonds. The van der Waals surface area contributed by atoms with Gasteiger partial charge in [0.05, 0.1) is 37.0 Å². The molecule has 1 saturated heterocycles. The molecule has 3 heterocycles. The predicted octanol–water partition coefficient (Wildman–Crippen LogP) is 4.93. The van der Waals surface area contributed by atoms with Gasteiger partial charge in [0.15, 0.2) is 5.67 Å². The Morgan fingerprint density at radius 1 is 1.21 bits per heavy atom. The van der Waals surface area contributed by atoms with Gasteiger partial charge in [-0.25, -0.2) is 8.78 Å². The number of rotatable bonds is 4. The fraction of sp³-hybridized carbons (Fsp3) is 0.333. The number of halogens is 5. The summed E-state index contributed by atoms with van der Waals surface area (Å²) in [5.74, 6) is -1.41. The number of alkyl halides is 4. The van der Waals surface area contributed by atoms with E-state index in [9.17, 15) is 23.1 Å². The molecule has 5 rings (SSSR count). The number of benzene rings is 2. The van der Waals surface area contributed by atoms with Crippen LogP contribution >= 0.6 is 0 Å². The Hall–Kier alpha value is -3.57. The van der Waals surface area contributed by atoms with E-state index in [1.165, 1.54) is 12.1 Å². The summed E-state index contributed by atoms with van der Waals surface area (Å²) in [7, 11) is 0. The van der Waals surface area contributed by atoms with Crippen LogP contribution in [0.3, 0.4) is 0 Å². The number of pyridine rings is 1. The van der Waals surface area contributed by atoms with E-state index in [1.807, 2.05) is 0 Å². The molecule has 0 radical (unpaired) electrons. The number of carbonyl (C=O) groups excluding carboxylic acids is 1. The van der Waals surface area contributed by atoms with Gasteiger partial charge in [0.25, 0.3) is 5.91 Å². The lowest BCUT2D eigenvalue weighted by Crippen LogP contribution is -2.62. The fourth-order valence-electron chi connectivity index (χ4n) is 5.05. The van der Waals surface area contributed by atoms with Crippen LogP contribution in [0.15, 0.2) is 48.8 Å². The van der Waals surface area contributed by atoms with E-state index in [1.54, 1.807) is 30.0 Å². The number of aliphatic hydroxyl groups is 1. The number of nitrogens with one attached hydrogen (secondary N) is 1. The molecule has 2 aromatic carbocycles. The van der Waals surface area contributed by atoms with E-state index >= 15 is 8.78 Å². The topological polar surface area (TPSA) is 74.7 Å². The molecule has 2 aliphatic heterocycles. The first-order valence-electron chi connectivity index (χ1n) is 11.9. The van der Waals surface area contributed by atoms with Gasteiger partial charge in [0.2, 0.25) is 0 Å². The Kier molecular flexibility index (Phi) is 6.60. The number of nitrogens with zero attached hydrogens (tertiary/aromatic N) is 2. The lowest BCUT2D eigenvalue weighted by molar-refractivity contribution is -0.137. The maximum atomic E-state index is 15.5. The smallest absolute Gasteiger partial charge is 0.393 e. The van der Waals surface area contributed by atoms with Crippen LogP contribution < -0.4 is 10.2 Å². The van der Waals surface area contributed by atoms with Crippen molar-refractivity contribution in [2.75, 3.05) is 36.6 Å². The Morgan fingerprint density at radius 2 is 2.00 bits per heavy atom. The number of aromatic nitrogens is 1. The first-order chi connectivity index (χ1) is 18.0. The van der Waals surface area contributed by atoms with Crippen LogP contribution in [0.5, 0.6) is 0 Å². The molecule has 3 aromatic rings. The van der Waals surface area contributed by atoms with E-state index in [0.29, 0.717) is 47.8 Å². The van der Waals surface area contributed by atoms with Gasteiger partial charge in [-0.1, -0.05) is 6.07 Å². The highest BCUT2D eigenvalue weighted by atomic mass is 19.4. The second kappa shape index (κ2) is 9.63. The van der Waals surface area contributed by atoms with Gasteiger partial charge in [0, 0.05) is 42.3 Å². The molecule has 0 bridgehead atoms. The minimum atomic E-state index is -4.65. The van der Waals surface area contributed by atoms with Crippen molar-refractivity contribution in [3.63, 3.8) is 0 Å². The highest BCUT2D eigenvalue weighted by Gasteiger charge is 2.48. The highest BCUT2D eigenvalue weighted by Crippen LogP contribution is 2.43. The zero-order valence-corrected chi connectivity index (χ0v) is 20.3. The molecule has 0 spiro atoms. The molecule has 0 saturated carbocycles. The summed E-state index contributed by atoms with van der Waals surface area (Å²) >= 11 is 0. The average Bonchev–Trinajstić information content (AvgIpc) is 2.89. The van der Waals surface area contributed by atoms with Crippen molar-refractivity contribution >= 4 is 17.3 Å². The Balaban J connectivity index is 1.49. The Labute approximate surface area is 215 Å². The van der Waals surface area contributed by atoms with E-state index in [-0.39, 0.29) is 29.8 Å². The van der Waals surface area contributed by atoms with E-state index in [0.717, 1.165) is 6.20 Å². The minimum absolute atomic E-state index is 0.0914. The summed E-state index contributed by atoms with van der Waals surface area (Å²) in [6.45, 7) is 1.85. The first kappa shape index (κ1) is 26.1. The monoisotopic (exact) mass is 533 g/mol. The lowest BCUT2D eigenvalue weighted by atomic mass is 9.82. The number of hydrogen-bond donors (Lipinski definition) is 2. The largest absolute Gasteiger partial charge is 0.417 e. The second-order valence-electron chi connectivity index (χ2n) is 9.56. The van der Waals surface area contributed by atoms with Crippen molar-refractivity contribution in [1.29, 1.82) is 0 Å². The quantitative estimate of drug-likeness (QED) is 0.466. The van der Waals surface area contributed by atoms with Crippen molar-refractivity contribution in [3.8, 4) is 11.1 Å². The Bertz CT molecular complexity index is 1400. The molecule has 11 heteroatoms. The maximum absolute atomic E-state index is 15.5. The van der Waals surface area contributed by atoms with Crippen LogP contribution in [0, 0.1) is 12.7 Å². The molecule has 2 aliphatic rings. The number of carbonyl (C=O) groups is 1. The summed E-state index contributed by atoms with van der Waals surface area (Å²) in [4.78, 5) is 18.0. The number of amides is 1. The number of aliphatic hydroxyl groups excluding tert-OH is 1. The zero-order chi connectivity index (χ0) is 27.2. The van der Waals surface area contributed by atoms with Crippen LogP contribution in [0.1, 0.15) is 27.0 Å². The van der Waals surface area contributed by atoms with Gasteiger partial charge < -0.3 is 20.1 Å². The van der Waals surface area contributed by atoms with Crippen molar-refractivity contribution in [2.24, 2.45) is 0 Å². The van der Waals surface area contributed by atoms with Crippen LogP contribution in [0.4, 0.5) is 33.3 Å². The van der Waals surface area contributed by atoms with Crippen LogP contribution in [-0.2, 0) is 17.3 Å². The molecule has 38 heavy (non-hydrogen) atoms. The molecule has 0 aliphatic carbocycles. The normalized spacial score (nSPS) is 21.0. The zero-order valence-electron chi connectivity index (χ0n) is 20.3. The molecule has 2 N–H and O–H groups in total. The second-order valence-corrected chi connectivity index (χ2v) is 9.56. The highest BCUT2D eigenvalue weighted by molar-refractivity contribution is 6.04. The number of hydrogen-bond acceptors (Lipinski definition) is 5. The number of ether oxygens (including phenoxy) is 1. The molecule has 0 unspecified atom stereocenters. The lowest BCUT2D eigenvalue weighted by Gasteiger charge is -2.48.